The Labute approximate surface area is 185 Å². The Morgan fingerprint density at radius 3 is 2.00 bits per heavy atom. The van der Waals surface area contributed by atoms with E-state index in [0.29, 0.717) is 27.9 Å². The monoisotopic (exact) mass is 452 g/mol. The van der Waals surface area contributed by atoms with Crippen molar-refractivity contribution in [1.82, 2.24) is 9.78 Å². The Morgan fingerprint density at radius 1 is 0.844 bits per heavy atom. The van der Waals surface area contributed by atoms with E-state index in [2.05, 4.69) is 5.10 Å². The van der Waals surface area contributed by atoms with Gasteiger partial charge in [0.1, 0.15) is 11.6 Å². The van der Waals surface area contributed by atoms with Crippen molar-refractivity contribution in [3.8, 4) is 16.8 Å². The third-order valence-electron chi connectivity index (χ3n) is 5.00. The Kier molecular flexibility index (Phi) is 6.34. The van der Waals surface area contributed by atoms with Gasteiger partial charge in [0.25, 0.3) is 5.56 Å². The number of hydrogen-bond donors (Lipinski definition) is 1. The normalized spacial score (nSPS) is 12.0. The molecule has 1 aromatic heterocycles. The summed E-state index contributed by atoms with van der Waals surface area (Å²) >= 11 is -1.95. The van der Waals surface area contributed by atoms with Crippen LogP contribution in [0.3, 0.4) is 0 Å². The summed E-state index contributed by atoms with van der Waals surface area (Å²) in [6, 6.07) is 18.3. The molecule has 0 saturated heterocycles. The molecule has 3 aromatic carbocycles. The molecule has 0 radical (unpaired) electrons. The van der Waals surface area contributed by atoms with Gasteiger partial charge in [-0.15, -0.1) is 0 Å². The molecule has 0 fully saturated rings. The maximum atomic E-state index is 13.4. The minimum atomic E-state index is -1.95. The molecule has 1 unspecified atom stereocenters. The minimum absolute atomic E-state index is 0.00707. The second-order valence-corrected chi connectivity index (χ2v) is 8.13. The molecular formula is C24H18F2N2O3S. The summed E-state index contributed by atoms with van der Waals surface area (Å²) in [5, 5.41) is 4.27. The topological polar surface area (TPSA) is 72.2 Å². The van der Waals surface area contributed by atoms with Crippen LogP contribution in [0.4, 0.5) is 8.78 Å². The smallest absolute Gasteiger partial charge is 0.275 e. The molecule has 4 rings (SSSR count). The molecule has 0 aliphatic carbocycles. The molecule has 1 heterocycles. The molecular weight excluding hydrogens is 434 g/mol. The summed E-state index contributed by atoms with van der Waals surface area (Å²) in [5.74, 6) is -0.786. The van der Waals surface area contributed by atoms with Gasteiger partial charge in [-0.2, -0.15) is 9.78 Å². The van der Waals surface area contributed by atoms with Gasteiger partial charge in [0, 0.05) is 17.5 Å². The molecule has 1 N–H and O–H groups in total. The highest BCUT2D eigenvalue weighted by Gasteiger charge is 2.15. The molecule has 4 aromatic rings. The summed E-state index contributed by atoms with van der Waals surface area (Å²) < 4.78 is 48.0. The van der Waals surface area contributed by atoms with Crippen molar-refractivity contribution in [1.29, 1.82) is 0 Å². The zero-order chi connectivity index (χ0) is 22.7. The maximum Gasteiger partial charge on any atom is 0.275 e. The first-order chi connectivity index (χ1) is 15.4. The predicted octanol–water partition coefficient (Wildman–Crippen LogP) is 4.49. The Morgan fingerprint density at radius 2 is 1.41 bits per heavy atom. The van der Waals surface area contributed by atoms with Crippen LogP contribution in [-0.4, -0.2) is 18.5 Å². The fourth-order valence-corrected chi connectivity index (χ4v) is 3.88. The van der Waals surface area contributed by atoms with Gasteiger partial charge in [0.05, 0.1) is 17.6 Å². The summed E-state index contributed by atoms with van der Waals surface area (Å²) in [4.78, 5) is 13.4. The van der Waals surface area contributed by atoms with Crippen molar-refractivity contribution in [2.45, 2.75) is 12.2 Å². The van der Waals surface area contributed by atoms with E-state index >= 15 is 0 Å². The van der Waals surface area contributed by atoms with E-state index < -0.39 is 16.9 Å². The average Bonchev–Trinajstić information content (AvgIpc) is 2.77. The van der Waals surface area contributed by atoms with Gasteiger partial charge in [-0.3, -0.25) is 4.79 Å². The Balaban J connectivity index is 1.82. The third kappa shape index (κ3) is 4.87. The van der Waals surface area contributed by atoms with Crippen molar-refractivity contribution in [3.63, 3.8) is 0 Å². The van der Waals surface area contributed by atoms with Crippen molar-refractivity contribution in [2.24, 2.45) is 0 Å². The Hall–Kier alpha value is -3.49. The SMILES string of the molecule is O=c1c(Cc2ccc(F)cc2)c(-c2ccc(CS(=O)O)cc2)cnn1-c1ccc(F)cc1. The van der Waals surface area contributed by atoms with E-state index in [0.717, 1.165) is 5.56 Å². The predicted molar refractivity (Wildman–Crippen MR) is 119 cm³/mol. The number of hydrogen-bond acceptors (Lipinski definition) is 3. The van der Waals surface area contributed by atoms with Crippen LogP contribution in [-0.2, 0) is 23.3 Å². The molecule has 0 aliphatic heterocycles. The lowest BCUT2D eigenvalue weighted by atomic mass is 9.97. The molecule has 0 amide bonds. The summed E-state index contributed by atoms with van der Waals surface area (Å²) in [5.41, 5.74) is 3.22. The van der Waals surface area contributed by atoms with Crippen LogP contribution in [0.2, 0.25) is 0 Å². The highest BCUT2D eigenvalue weighted by atomic mass is 32.2. The van der Waals surface area contributed by atoms with E-state index in [1.54, 1.807) is 42.6 Å². The van der Waals surface area contributed by atoms with Crippen LogP contribution in [0.15, 0.2) is 83.8 Å². The lowest BCUT2D eigenvalue weighted by molar-refractivity contribution is 0.563. The fraction of sp³-hybridized carbons (Fsp3) is 0.0833. The van der Waals surface area contributed by atoms with E-state index in [-0.39, 0.29) is 23.6 Å². The number of aromatic nitrogens is 2. The first-order valence-electron chi connectivity index (χ1n) is 9.69. The van der Waals surface area contributed by atoms with Gasteiger partial charge in [0.15, 0.2) is 11.1 Å². The lowest BCUT2D eigenvalue weighted by Crippen LogP contribution is -2.25. The first-order valence-corrected chi connectivity index (χ1v) is 11.0. The van der Waals surface area contributed by atoms with Crippen LogP contribution >= 0.6 is 0 Å². The molecule has 162 valence electrons. The zero-order valence-electron chi connectivity index (χ0n) is 16.7. The highest BCUT2D eigenvalue weighted by molar-refractivity contribution is 7.78. The number of nitrogens with zero attached hydrogens (tertiary/aromatic N) is 2. The number of benzene rings is 3. The molecule has 5 nitrogen and oxygen atoms in total. The van der Waals surface area contributed by atoms with Crippen LogP contribution in [0, 0.1) is 11.6 Å². The fourth-order valence-electron chi connectivity index (χ4n) is 3.40. The first kappa shape index (κ1) is 21.7. The van der Waals surface area contributed by atoms with Crippen LogP contribution < -0.4 is 5.56 Å². The standard InChI is InChI=1S/C24H18F2N2O3S/c25-19-7-3-16(4-8-19)13-22-23(18-5-1-17(2-6-18)15-32(30)31)14-27-28(24(22)29)21-11-9-20(26)10-12-21/h1-12,14H,13,15H2,(H,30,31). The second kappa shape index (κ2) is 9.33. The van der Waals surface area contributed by atoms with Gasteiger partial charge in [-0.05, 0) is 53.1 Å². The number of halogens is 2. The molecule has 0 bridgehead atoms. The molecule has 32 heavy (non-hydrogen) atoms. The van der Waals surface area contributed by atoms with Crippen molar-refractivity contribution < 1.29 is 17.5 Å². The van der Waals surface area contributed by atoms with Crippen molar-refractivity contribution in [3.05, 3.63) is 118 Å². The van der Waals surface area contributed by atoms with Crippen LogP contribution in [0.5, 0.6) is 0 Å². The second-order valence-electron chi connectivity index (χ2n) is 7.20. The minimum Gasteiger partial charge on any atom is -0.306 e. The van der Waals surface area contributed by atoms with E-state index in [1.807, 2.05) is 0 Å². The summed E-state index contributed by atoms with van der Waals surface area (Å²) in [6.07, 6.45) is 1.80. The molecule has 0 spiro atoms. The molecule has 0 aliphatic rings. The van der Waals surface area contributed by atoms with Crippen LogP contribution in [0.25, 0.3) is 16.8 Å². The maximum absolute atomic E-state index is 13.4. The highest BCUT2D eigenvalue weighted by Crippen LogP contribution is 2.24. The molecule has 8 heteroatoms. The number of rotatable bonds is 6. The van der Waals surface area contributed by atoms with Gasteiger partial charge >= 0.3 is 0 Å². The molecule has 0 saturated carbocycles. The average molecular weight is 452 g/mol. The molecule has 1 atom stereocenters. The largest absolute Gasteiger partial charge is 0.306 e. The third-order valence-corrected chi connectivity index (χ3v) is 5.58. The van der Waals surface area contributed by atoms with Gasteiger partial charge in [-0.25, -0.2) is 13.0 Å². The van der Waals surface area contributed by atoms with Gasteiger partial charge in [-0.1, -0.05) is 36.4 Å². The van der Waals surface area contributed by atoms with Gasteiger partial charge in [0.2, 0.25) is 0 Å². The summed E-state index contributed by atoms with van der Waals surface area (Å²) in [7, 11) is 0. The van der Waals surface area contributed by atoms with E-state index in [1.165, 1.54) is 41.1 Å². The van der Waals surface area contributed by atoms with Crippen molar-refractivity contribution in [2.75, 3.05) is 0 Å². The van der Waals surface area contributed by atoms with Crippen molar-refractivity contribution >= 4 is 11.1 Å². The zero-order valence-corrected chi connectivity index (χ0v) is 17.6. The van der Waals surface area contributed by atoms with Gasteiger partial charge < -0.3 is 4.55 Å². The van der Waals surface area contributed by atoms with E-state index in [4.69, 9.17) is 4.55 Å². The van der Waals surface area contributed by atoms with E-state index in [9.17, 15) is 17.8 Å². The Bertz CT molecular complexity index is 1320. The lowest BCUT2D eigenvalue weighted by Gasteiger charge is -2.13. The quantitative estimate of drug-likeness (QED) is 0.438. The van der Waals surface area contributed by atoms with Crippen LogP contribution in [0.1, 0.15) is 16.7 Å². The summed E-state index contributed by atoms with van der Waals surface area (Å²) in [6.45, 7) is 0.